The molecule has 4 rings (SSSR count). The molecule has 0 aromatic heterocycles. The monoisotopic (exact) mass is 456 g/mol. The topological polar surface area (TPSA) is 105 Å². The molecule has 0 fully saturated rings. The van der Waals surface area contributed by atoms with Crippen LogP contribution in [0.4, 0.5) is 10.5 Å². The van der Waals surface area contributed by atoms with Crippen molar-refractivity contribution in [3.05, 3.63) is 102 Å². The van der Waals surface area contributed by atoms with Crippen LogP contribution < -0.4 is 10.6 Å². The Kier molecular flexibility index (Phi) is 6.73. The average Bonchev–Trinajstić information content (AvgIpc) is 3.16. The third-order valence-corrected chi connectivity index (χ3v) is 5.77. The first-order valence-corrected chi connectivity index (χ1v) is 10.8. The van der Waals surface area contributed by atoms with Crippen LogP contribution in [0.1, 0.15) is 33.8 Å². The van der Waals surface area contributed by atoms with Gasteiger partial charge in [0.05, 0.1) is 11.3 Å². The maximum atomic E-state index is 12.8. The zero-order valence-electron chi connectivity index (χ0n) is 18.4. The molecule has 0 spiro atoms. The first kappa shape index (κ1) is 22.8. The van der Waals surface area contributed by atoms with E-state index in [1.165, 1.54) is 18.2 Å². The van der Waals surface area contributed by atoms with Crippen molar-refractivity contribution in [3.8, 4) is 11.1 Å². The maximum absolute atomic E-state index is 12.8. The number of carboxylic acids is 1. The van der Waals surface area contributed by atoms with Crippen molar-refractivity contribution in [2.45, 2.75) is 18.4 Å². The van der Waals surface area contributed by atoms with Crippen LogP contribution in [0, 0.1) is 0 Å². The highest BCUT2D eigenvalue weighted by Gasteiger charge is 2.29. The van der Waals surface area contributed by atoms with E-state index in [4.69, 9.17) is 4.74 Å². The summed E-state index contributed by atoms with van der Waals surface area (Å²) >= 11 is 0. The number of hydrogen-bond donors (Lipinski definition) is 3. The van der Waals surface area contributed by atoms with Crippen molar-refractivity contribution in [2.24, 2.45) is 0 Å². The number of nitrogens with one attached hydrogen (secondary N) is 2. The van der Waals surface area contributed by atoms with Crippen molar-refractivity contribution in [1.82, 2.24) is 5.32 Å². The van der Waals surface area contributed by atoms with Crippen LogP contribution in [0.15, 0.2) is 85.5 Å². The van der Waals surface area contributed by atoms with E-state index < -0.39 is 24.0 Å². The minimum Gasteiger partial charge on any atom is -0.478 e. The number of hydrogen-bond acceptors (Lipinski definition) is 4. The number of rotatable bonds is 8. The number of para-hydroxylation sites is 1. The summed E-state index contributed by atoms with van der Waals surface area (Å²) in [7, 11) is 0. The number of aromatic carboxylic acids is 1. The Labute approximate surface area is 197 Å². The third kappa shape index (κ3) is 4.68. The number of carboxylic acid groups (broad SMARTS) is 1. The molecule has 3 aromatic carbocycles. The molecule has 7 nitrogen and oxygen atoms in total. The summed E-state index contributed by atoms with van der Waals surface area (Å²) in [4.78, 5) is 36.8. The van der Waals surface area contributed by atoms with E-state index in [0.717, 1.165) is 22.3 Å². The summed E-state index contributed by atoms with van der Waals surface area (Å²) in [5, 5.41) is 14.5. The van der Waals surface area contributed by atoms with Crippen LogP contribution in [0.5, 0.6) is 0 Å². The van der Waals surface area contributed by atoms with Gasteiger partial charge in [-0.25, -0.2) is 9.59 Å². The fourth-order valence-electron chi connectivity index (χ4n) is 4.18. The molecule has 1 atom stereocenters. The van der Waals surface area contributed by atoms with Gasteiger partial charge in [-0.3, -0.25) is 4.79 Å². The van der Waals surface area contributed by atoms with Crippen molar-refractivity contribution >= 4 is 23.7 Å². The first-order chi connectivity index (χ1) is 16.5. The van der Waals surface area contributed by atoms with E-state index >= 15 is 0 Å². The Balaban J connectivity index is 1.43. The fourth-order valence-corrected chi connectivity index (χ4v) is 4.18. The standard InChI is InChI=1S/C27H24N2O5/c1-2-9-24(25(30)28-23-15-8-7-14-21(23)26(31)32)29-27(33)34-16-22-19-12-5-3-10-17(19)18-11-4-6-13-20(18)22/h2-8,10-15,22,24H,1,9,16H2,(H,28,30)(H,29,33)(H,31,32). The van der Waals surface area contributed by atoms with Crippen LogP contribution in [-0.2, 0) is 9.53 Å². The fraction of sp³-hybridized carbons (Fsp3) is 0.148. The molecule has 1 unspecified atom stereocenters. The zero-order valence-corrected chi connectivity index (χ0v) is 18.4. The lowest BCUT2D eigenvalue weighted by Gasteiger charge is -2.19. The highest BCUT2D eigenvalue weighted by Crippen LogP contribution is 2.44. The summed E-state index contributed by atoms with van der Waals surface area (Å²) in [6.45, 7) is 3.75. The SMILES string of the molecule is C=CCC(NC(=O)OCC1c2ccccc2-c2ccccc21)C(=O)Nc1ccccc1C(=O)O. The Bertz CT molecular complexity index is 1210. The molecular formula is C27H24N2O5. The zero-order chi connectivity index (χ0) is 24.1. The van der Waals surface area contributed by atoms with E-state index in [-0.39, 0.29) is 30.2 Å². The molecule has 0 saturated heterocycles. The summed E-state index contributed by atoms with van der Waals surface area (Å²) < 4.78 is 5.52. The largest absolute Gasteiger partial charge is 0.478 e. The van der Waals surface area contributed by atoms with Gasteiger partial charge in [0, 0.05) is 5.92 Å². The molecule has 0 radical (unpaired) electrons. The Morgan fingerprint density at radius 1 is 0.941 bits per heavy atom. The molecule has 2 amide bonds. The second-order valence-corrected chi connectivity index (χ2v) is 7.89. The van der Waals surface area contributed by atoms with Crippen molar-refractivity contribution < 1.29 is 24.2 Å². The highest BCUT2D eigenvalue weighted by molar-refractivity contribution is 6.02. The van der Waals surface area contributed by atoms with E-state index in [2.05, 4.69) is 17.2 Å². The van der Waals surface area contributed by atoms with Crippen LogP contribution in [0.2, 0.25) is 0 Å². The van der Waals surface area contributed by atoms with Gasteiger partial charge in [0.1, 0.15) is 12.6 Å². The van der Waals surface area contributed by atoms with Gasteiger partial charge in [-0.15, -0.1) is 6.58 Å². The van der Waals surface area contributed by atoms with Gasteiger partial charge in [0.2, 0.25) is 5.91 Å². The molecule has 1 aliphatic rings. The van der Waals surface area contributed by atoms with Gasteiger partial charge in [0.25, 0.3) is 0 Å². The van der Waals surface area contributed by atoms with Gasteiger partial charge in [0.15, 0.2) is 0 Å². The molecule has 0 bridgehead atoms. The van der Waals surface area contributed by atoms with Crippen molar-refractivity contribution in [3.63, 3.8) is 0 Å². The molecule has 0 aliphatic heterocycles. The van der Waals surface area contributed by atoms with Crippen LogP contribution in [-0.4, -0.2) is 35.7 Å². The van der Waals surface area contributed by atoms with E-state index in [1.54, 1.807) is 12.1 Å². The van der Waals surface area contributed by atoms with Crippen molar-refractivity contribution in [2.75, 3.05) is 11.9 Å². The molecule has 172 valence electrons. The summed E-state index contributed by atoms with van der Waals surface area (Å²) in [5.41, 5.74) is 4.50. The van der Waals surface area contributed by atoms with E-state index in [9.17, 15) is 19.5 Å². The van der Waals surface area contributed by atoms with Crippen LogP contribution in [0.3, 0.4) is 0 Å². The highest BCUT2D eigenvalue weighted by atomic mass is 16.5. The second-order valence-electron chi connectivity index (χ2n) is 7.89. The number of amides is 2. The minimum absolute atomic E-state index is 0.0469. The molecule has 3 N–H and O–H groups in total. The van der Waals surface area contributed by atoms with Gasteiger partial charge < -0.3 is 20.5 Å². The number of anilines is 1. The van der Waals surface area contributed by atoms with Gasteiger partial charge in [-0.05, 0) is 40.8 Å². The van der Waals surface area contributed by atoms with Gasteiger partial charge >= 0.3 is 12.1 Å². The lowest BCUT2D eigenvalue weighted by Crippen LogP contribution is -2.44. The third-order valence-electron chi connectivity index (χ3n) is 5.77. The molecule has 1 aliphatic carbocycles. The Morgan fingerprint density at radius 3 is 2.15 bits per heavy atom. The van der Waals surface area contributed by atoms with Gasteiger partial charge in [-0.2, -0.15) is 0 Å². The maximum Gasteiger partial charge on any atom is 0.407 e. The summed E-state index contributed by atoms with van der Waals surface area (Å²) in [6.07, 6.45) is 0.901. The van der Waals surface area contributed by atoms with Crippen LogP contribution >= 0.6 is 0 Å². The van der Waals surface area contributed by atoms with E-state index in [1.807, 2.05) is 48.5 Å². The number of carbonyl (C=O) groups excluding carboxylic acids is 2. The summed E-state index contributed by atoms with van der Waals surface area (Å²) in [6, 6.07) is 21.1. The first-order valence-electron chi connectivity index (χ1n) is 10.8. The van der Waals surface area contributed by atoms with Crippen LogP contribution in [0.25, 0.3) is 11.1 Å². The summed E-state index contributed by atoms with van der Waals surface area (Å²) in [5.74, 6) is -1.84. The number of alkyl carbamates (subject to hydrolysis) is 1. The van der Waals surface area contributed by atoms with Crippen molar-refractivity contribution in [1.29, 1.82) is 0 Å². The predicted octanol–water partition coefficient (Wildman–Crippen LogP) is 4.81. The number of ether oxygens (including phenoxy) is 1. The number of fused-ring (bicyclic) bond motifs is 3. The molecular weight excluding hydrogens is 432 g/mol. The molecule has 0 saturated carbocycles. The Hall–Kier alpha value is -4.39. The molecule has 3 aromatic rings. The minimum atomic E-state index is -1.17. The average molecular weight is 456 g/mol. The molecule has 34 heavy (non-hydrogen) atoms. The number of benzene rings is 3. The van der Waals surface area contributed by atoms with E-state index in [0.29, 0.717) is 0 Å². The van der Waals surface area contributed by atoms with Gasteiger partial charge in [-0.1, -0.05) is 66.7 Å². The second kappa shape index (κ2) is 10.0. The molecule has 0 heterocycles. The predicted molar refractivity (Wildman–Crippen MR) is 129 cm³/mol. The molecule has 7 heteroatoms. The number of carbonyl (C=O) groups is 3. The normalized spacial score (nSPS) is 12.7. The lowest BCUT2D eigenvalue weighted by molar-refractivity contribution is -0.118. The quantitative estimate of drug-likeness (QED) is 0.422. The lowest BCUT2D eigenvalue weighted by atomic mass is 9.98. The smallest absolute Gasteiger partial charge is 0.407 e. The Morgan fingerprint density at radius 2 is 1.53 bits per heavy atom.